The minimum Gasteiger partial charge on any atom is -0.462 e. The van der Waals surface area contributed by atoms with Gasteiger partial charge < -0.3 is 29.3 Å². The van der Waals surface area contributed by atoms with Crippen LogP contribution < -0.4 is 0 Å². The van der Waals surface area contributed by atoms with Crippen molar-refractivity contribution < 1.29 is 52.5 Å². The van der Waals surface area contributed by atoms with Crippen LogP contribution in [0.4, 0.5) is 0 Å². The summed E-state index contributed by atoms with van der Waals surface area (Å²) in [6, 6.07) is 0. The van der Waals surface area contributed by atoms with Crippen molar-refractivity contribution in [2.45, 2.75) is 192 Å². The molecule has 0 aromatic rings. The second-order valence-electron chi connectivity index (χ2n) is 14.4. The van der Waals surface area contributed by atoms with E-state index >= 15 is 0 Å². The number of phosphoric ester groups is 1. The number of carbonyl (C=O) groups excluding carboxylic acids is 2. The van der Waals surface area contributed by atoms with Crippen LogP contribution >= 0.6 is 7.82 Å². The minimum atomic E-state index is -4.63. The van der Waals surface area contributed by atoms with E-state index in [1.165, 1.54) is 38.5 Å². The molecule has 3 unspecified atom stereocenters. The highest BCUT2D eigenvalue weighted by molar-refractivity contribution is 7.47. The van der Waals surface area contributed by atoms with E-state index in [1.54, 1.807) is 0 Å². The monoisotopic (exact) mass is 787 g/mol. The van der Waals surface area contributed by atoms with Crippen molar-refractivity contribution in [2.75, 3.05) is 26.4 Å². The number of carbonyl (C=O) groups is 2. The Kier molecular flexibility index (Phi) is 32.0. The van der Waals surface area contributed by atoms with Crippen molar-refractivity contribution in [1.82, 2.24) is 0 Å². The van der Waals surface area contributed by atoms with Crippen molar-refractivity contribution in [3.8, 4) is 0 Å². The van der Waals surface area contributed by atoms with Gasteiger partial charge in [0.25, 0.3) is 0 Å². The Morgan fingerprint density at radius 1 is 0.667 bits per heavy atom. The SMILES string of the molecule is CCCCC/C=C\C/C=C\CCCCCCCC(=O)O[C@H](COC(=O)CCCCCCCC1OC1C/C=C\CCCCC)COP(=O)(O)OC[C@@H](O)CO. The zero-order valence-electron chi connectivity index (χ0n) is 33.6. The van der Waals surface area contributed by atoms with Crippen LogP contribution in [0.3, 0.4) is 0 Å². The highest BCUT2D eigenvalue weighted by Crippen LogP contribution is 2.43. The molecular formula is C42H75O11P. The smallest absolute Gasteiger partial charge is 0.462 e. The summed E-state index contributed by atoms with van der Waals surface area (Å²) in [5, 5.41) is 18.3. The Labute approximate surface area is 326 Å². The van der Waals surface area contributed by atoms with E-state index in [-0.39, 0.29) is 19.4 Å². The van der Waals surface area contributed by atoms with Crippen LogP contribution in [0.25, 0.3) is 0 Å². The number of unbranched alkanes of at least 4 members (excludes halogenated alkanes) is 15. The third kappa shape index (κ3) is 31.4. The number of hydrogen-bond donors (Lipinski definition) is 3. The average Bonchev–Trinajstić information content (AvgIpc) is 3.92. The molecule has 1 aliphatic heterocycles. The summed E-state index contributed by atoms with van der Waals surface area (Å²) < 4.78 is 38.5. The fourth-order valence-electron chi connectivity index (χ4n) is 5.79. The maximum Gasteiger partial charge on any atom is 0.472 e. The summed E-state index contributed by atoms with van der Waals surface area (Å²) in [6.45, 7) is 2.27. The first-order valence-corrected chi connectivity index (χ1v) is 22.6. The van der Waals surface area contributed by atoms with Gasteiger partial charge in [0.1, 0.15) is 12.7 Å². The van der Waals surface area contributed by atoms with Gasteiger partial charge in [-0.05, 0) is 70.6 Å². The number of phosphoric acid groups is 1. The summed E-state index contributed by atoms with van der Waals surface area (Å²) in [4.78, 5) is 35.0. The molecule has 0 aromatic carbocycles. The number of rotatable bonds is 38. The molecule has 0 aliphatic carbocycles. The molecule has 54 heavy (non-hydrogen) atoms. The number of ether oxygens (including phenoxy) is 3. The van der Waals surface area contributed by atoms with Crippen LogP contribution in [0.1, 0.15) is 168 Å². The van der Waals surface area contributed by atoms with Crippen molar-refractivity contribution in [2.24, 2.45) is 0 Å². The number of hydrogen-bond acceptors (Lipinski definition) is 10. The molecular weight excluding hydrogens is 711 g/mol. The van der Waals surface area contributed by atoms with Gasteiger partial charge in [-0.2, -0.15) is 0 Å². The maximum atomic E-state index is 12.6. The summed E-state index contributed by atoms with van der Waals surface area (Å²) in [7, 11) is -4.63. The first kappa shape index (κ1) is 50.2. The molecule has 1 rings (SSSR count). The third-order valence-corrected chi connectivity index (χ3v) is 10.1. The van der Waals surface area contributed by atoms with Crippen molar-refractivity contribution in [3.05, 3.63) is 36.5 Å². The fraction of sp³-hybridized carbons (Fsp3) is 0.810. The van der Waals surface area contributed by atoms with Crippen LogP contribution in [0, 0.1) is 0 Å². The molecule has 5 atom stereocenters. The van der Waals surface area contributed by atoms with E-state index < -0.39 is 51.8 Å². The molecule has 12 heteroatoms. The fourth-order valence-corrected chi connectivity index (χ4v) is 6.58. The molecule has 0 amide bonds. The Morgan fingerprint density at radius 2 is 1.20 bits per heavy atom. The lowest BCUT2D eigenvalue weighted by molar-refractivity contribution is -0.161. The van der Waals surface area contributed by atoms with Crippen LogP contribution in [0.5, 0.6) is 0 Å². The lowest BCUT2D eigenvalue weighted by atomic mass is 10.1. The van der Waals surface area contributed by atoms with Crippen LogP contribution in [0.2, 0.25) is 0 Å². The molecule has 3 N–H and O–H groups in total. The van der Waals surface area contributed by atoms with Gasteiger partial charge in [-0.15, -0.1) is 0 Å². The van der Waals surface area contributed by atoms with Gasteiger partial charge in [0.05, 0.1) is 32.0 Å². The van der Waals surface area contributed by atoms with Gasteiger partial charge in [0, 0.05) is 12.8 Å². The second kappa shape index (κ2) is 34.4. The van der Waals surface area contributed by atoms with Gasteiger partial charge in [-0.25, -0.2) is 4.57 Å². The van der Waals surface area contributed by atoms with Crippen LogP contribution in [0.15, 0.2) is 36.5 Å². The molecule has 1 fully saturated rings. The molecule has 0 saturated carbocycles. The normalized spacial score (nSPS) is 18.0. The lowest BCUT2D eigenvalue weighted by Crippen LogP contribution is -2.29. The van der Waals surface area contributed by atoms with E-state index in [4.69, 9.17) is 23.8 Å². The summed E-state index contributed by atoms with van der Waals surface area (Å²) in [5.41, 5.74) is 0. The van der Waals surface area contributed by atoms with Gasteiger partial charge in [0.2, 0.25) is 0 Å². The number of aliphatic hydroxyl groups is 2. The van der Waals surface area contributed by atoms with E-state index in [1.807, 2.05) is 0 Å². The van der Waals surface area contributed by atoms with E-state index in [2.05, 4.69) is 54.8 Å². The zero-order chi connectivity index (χ0) is 39.5. The minimum absolute atomic E-state index is 0.161. The number of esters is 2. The van der Waals surface area contributed by atoms with Gasteiger partial charge >= 0.3 is 19.8 Å². The Hall–Kier alpha value is -1.85. The molecule has 0 radical (unpaired) electrons. The molecule has 0 aromatic heterocycles. The quantitative estimate of drug-likeness (QED) is 0.0180. The largest absolute Gasteiger partial charge is 0.472 e. The molecule has 1 heterocycles. The van der Waals surface area contributed by atoms with E-state index in [9.17, 15) is 24.2 Å². The molecule has 0 spiro atoms. The summed E-state index contributed by atoms with van der Waals surface area (Å²) in [5.74, 6) is -0.965. The van der Waals surface area contributed by atoms with Crippen molar-refractivity contribution in [3.63, 3.8) is 0 Å². The maximum absolute atomic E-state index is 12.6. The first-order chi connectivity index (χ1) is 26.2. The van der Waals surface area contributed by atoms with Crippen LogP contribution in [-0.4, -0.2) is 77.9 Å². The Bertz CT molecular complexity index is 1060. The standard InChI is InChI=1S/C42H75O11P/c1-3-5-7-9-11-12-13-14-15-16-17-18-19-23-28-32-42(46)52-38(36-51-54(47,48)50-34-37(44)33-43)35-49-41(45)31-27-24-20-22-26-30-40-39(53-40)29-25-21-10-8-6-4-2/h11-12,14-15,21,25,37-40,43-44H,3-10,13,16-20,22-24,26-36H2,1-2H3,(H,47,48)/b12-11-,15-14-,25-21-/t37-,38+,39?,40?/m0/s1. The number of aliphatic hydroxyl groups excluding tert-OH is 2. The predicted molar refractivity (Wildman–Crippen MR) is 214 cm³/mol. The van der Waals surface area contributed by atoms with E-state index in [0.717, 1.165) is 89.9 Å². The highest BCUT2D eigenvalue weighted by Gasteiger charge is 2.36. The molecule has 1 saturated heterocycles. The average molecular weight is 787 g/mol. The van der Waals surface area contributed by atoms with E-state index in [0.29, 0.717) is 25.0 Å². The topological polar surface area (TPSA) is 161 Å². The molecule has 11 nitrogen and oxygen atoms in total. The number of epoxide rings is 1. The second-order valence-corrected chi connectivity index (χ2v) is 15.8. The van der Waals surface area contributed by atoms with Crippen LogP contribution in [-0.2, 0) is 37.4 Å². The van der Waals surface area contributed by atoms with Crippen molar-refractivity contribution >= 4 is 19.8 Å². The first-order valence-electron chi connectivity index (χ1n) is 21.1. The Morgan fingerprint density at radius 3 is 1.83 bits per heavy atom. The van der Waals surface area contributed by atoms with Gasteiger partial charge in [-0.3, -0.25) is 18.6 Å². The Balaban J connectivity index is 2.28. The van der Waals surface area contributed by atoms with Crippen molar-refractivity contribution in [1.29, 1.82) is 0 Å². The van der Waals surface area contributed by atoms with Gasteiger partial charge in [-0.1, -0.05) is 121 Å². The molecule has 1 aliphatic rings. The number of allylic oxidation sites excluding steroid dienone is 5. The summed E-state index contributed by atoms with van der Waals surface area (Å²) >= 11 is 0. The molecule has 0 bridgehead atoms. The third-order valence-electron chi connectivity index (χ3n) is 9.19. The summed E-state index contributed by atoms with van der Waals surface area (Å²) in [6.07, 6.45) is 35.5. The molecule has 314 valence electrons. The predicted octanol–water partition coefficient (Wildman–Crippen LogP) is 9.77. The lowest BCUT2D eigenvalue weighted by Gasteiger charge is -2.20. The van der Waals surface area contributed by atoms with Gasteiger partial charge in [0.15, 0.2) is 6.10 Å². The zero-order valence-corrected chi connectivity index (χ0v) is 34.5. The highest BCUT2D eigenvalue weighted by atomic mass is 31.2.